The van der Waals surface area contributed by atoms with Gasteiger partial charge in [-0.15, -0.1) is 0 Å². The molecule has 1 aromatic carbocycles. The van der Waals surface area contributed by atoms with Gasteiger partial charge >= 0.3 is 7.12 Å². The molecule has 2 nitrogen and oxygen atoms in total. The first kappa shape index (κ1) is 14.6. The summed E-state index contributed by atoms with van der Waals surface area (Å²) in [5.74, 6) is 0. The van der Waals surface area contributed by atoms with Crippen LogP contribution in [0.25, 0.3) is 0 Å². The Morgan fingerprint density at radius 2 is 1.21 bits per heavy atom. The lowest BCUT2D eigenvalue weighted by Gasteiger charge is -2.42. The average molecular weight is 260 g/mol. The van der Waals surface area contributed by atoms with Crippen molar-refractivity contribution in [1.82, 2.24) is 0 Å². The van der Waals surface area contributed by atoms with Gasteiger partial charge in [0.2, 0.25) is 0 Å². The second kappa shape index (κ2) is 5.68. The van der Waals surface area contributed by atoms with Crippen molar-refractivity contribution in [2.24, 2.45) is 0 Å². The summed E-state index contributed by atoms with van der Waals surface area (Å²) in [5.41, 5.74) is 0.811. The van der Waals surface area contributed by atoms with Crippen molar-refractivity contribution in [1.29, 1.82) is 0 Å². The van der Waals surface area contributed by atoms with E-state index in [1.54, 1.807) is 0 Å². The molecule has 1 aromatic rings. The molecule has 1 aliphatic heterocycles. The summed E-state index contributed by atoms with van der Waals surface area (Å²) in [7, 11) is -0.221. The van der Waals surface area contributed by atoms with Crippen LogP contribution in [-0.2, 0) is 9.31 Å². The highest BCUT2D eigenvalue weighted by Gasteiger charge is 2.58. The maximum Gasteiger partial charge on any atom is 0.494 e. The lowest BCUT2D eigenvalue weighted by atomic mass is 9.75. The van der Waals surface area contributed by atoms with Crippen molar-refractivity contribution in [3.05, 3.63) is 30.3 Å². The first-order valence-electron chi connectivity index (χ1n) is 7.57. The van der Waals surface area contributed by atoms with Gasteiger partial charge in [-0.2, -0.15) is 0 Å². The molecular formula is C16H25BO2. The quantitative estimate of drug-likeness (QED) is 0.754. The van der Waals surface area contributed by atoms with E-state index < -0.39 is 0 Å². The van der Waals surface area contributed by atoms with Crippen LogP contribution >= 0.6 is 0 Å². The van der Waals surface area contributed by atoms with Crippen molar-refractivity contribution < 1.29 is 9.31 Å². The molecule has 0 unspecified atom stereocenters. The van der Waals surface area contributed by atoms with Crippen LogP contribution in [-0.4, -0.2) is 18.3 Å². The number of rotatable bonds is 5. The highest BCUT2D eigenvalue weighted by molar-refractivity contribution is 6.62. The van der Waals surface area contributed by atoms with Gasteiger partial charge in [0.25, 0.3) is 0 Å². The van der Waals surface area contributed by atoms with Gasteiger partial charge in [-0.1, -0.05) is 58.0 Å². The Morgan fingerprint density at radius 1 is 0.789 bits per heavy atom. The summed E-state index contributed by atoms with van der Waals surface area (Å²) in [6, 6.07) is 10.3. The van der Waals surface area contributed by atoms with Gasteiger partial charge in [-0.3, -0.25) is 0 Å². The minimum absolute atomic E-state index is 0.156. The summed E-state index contributed by atoms with van der Waals surface area (Å²) in [4.78, 5) is 0. The van der Waals surface area contributed by atoms with Gasteiger partial charge in [0.15, 0.2) is 0 Å². The first-order valence-corrected chi connectivity index (χ1v) is 7.57. The zero-order valence-corrected chi connectivity index (χ0v) is 12.6. The Hall–Kier alpha value is -0.795. The molecule has 0 radical (unpaired) electrons. The van der Waals surface area contributed by atoms with E-state index >= 15 is 0 Å². The maximum atomic E-state index is 6.41. The summed E-state index contributed by atoms with van der Waals surface area (Å²) in [6.45, 7) is 8.83. The number of benzene rings is 1. The molecule has 1 aliphatic rings. The molecule has 1 saturated heterocycles. The lowest BCUT2D eigenvalue weighted by Crippen LogP contribution is -2.50. The highest BCUT2D eigenvalue weighted by Crippen LogP contribution is 2.46. The van der Waals surface area contributed by atoms with Crippen LogP contribution in [0.1, 0.15) is 53.4 Å². The zero-order valence-electron chi connectivity index (χ0n) is 12.6. The van der Waals surface area contributed by atoms with E-state index in [1.807, 2.05) is 18.2 Å². The highest BCUT2D eigenvalue weighted by atomic mass is 16.7. The van der Waals surface area contributed by atoms with Crippen LogP contribution in [0.4, 0.5) is 0 Å². The summed E-state index contributed by atoms with van der Waals surface area (Å²) >= 11 is 0. The molecule has 19 heavy (non-hydrogen) atoms. The molecule has 3 heteroatoms. The molecule has 2 rings (SSSR count). The van der Waals surface area contributed by atoms with Crippen LogP contribution in [0.5, 0.6) is 0 Å². The van der Waals surface area contributed by atoms with E-state index in [0.717, 1.165) is 31.1 Å². The predicted molar refractivity (Wildman–Crippen MR) is 80.6 cm³/mol. The molecule has 0 aromatic heterocycles. The topological polar surface area (TPSA) is 18.5 Å². The monoisotopic (exact) mass is 260 g/mol. The molecule has 104 valence electrons. The van der Waals surface area contributed by atoms with Crippen LogP contribution in [0.15, 0.2) is 30.3 Å². The third-order valence-electron chi connectivity index (χ3n) is 4.85. The molecule has 0 saturated carbocycles. The Kier molecular flexibility index (Phi) is 4.37. The van der Waals surface area contributed by atoms with Crippen molar-refractivity contribution >= 4 is 12.6 Å². The second-order valence-electron chi connectivity index (χ2n) is 5.38. The van der Waals surface area contributed by atoms with E-state index in [-0.39, 0.29) is 18.3 Å². The molecule has 0 amide bonds. The van der Waals surface area contributed by atoms with Gasteiger partial charge in [0, 0.05) is 0 Å². The molecule has 0 N–H and O–H groups in total. The summed E-state index contributed by atoms with van der Waals surface area (Å²) < 4.78 is 12.8. The Morgan fingerprint density at radius 3 is 1.58 bits per heavy atom. The van der Waals surface area contributed by atoms with Crippen molar-refractivity contribution in [3.63, 3.8) is 0 Å². The third-order valence-corrected chi connectivity index (χ3v) is 4.85. The summed E-state index contributed by atoms with van der Waals surface area (Å²) in [5, 5.41) is 0. The van der Waals surface area contributed by atoms with Crippen molar-refractivity contribution in [3.8, 4) is 0 Å². The average Bonchev–Trinajstić information content (AvgIpc) is 2.83. The Balaban J connectivity index is 2.35. The van der Waals surface area contributed by atoms with Gasteiger partial charge in [0.1, 0.15) is 0 Å². The largest absolute Gasteiger partial charge is 0.494 e. The van der Waals surface area contributed by atoms with E-state index in [1.165, 1.54) is 0 Å². The van der Waals surface area contributed by atoms with Crippen LogP contribution < -0.4 is 5.46 Å². The first-order chi connectivity index (χ1) is 9.17. The molecule has 1 heterocycles. The van der Waals surface area contributed by atoms with Crippen molar-refractivity contribution in [2.75, 3.05) is 0 Å². The van der Waals surface area contributed by atoms with Gasteiger partial charge in [-0.25, -0.2) is 0 Å². The van der Waals surface area contributed by atoms with E-state index in [4.69, 9.17) is 9.31 Å². The minimum Gasteiger partial charge on any atom is -0.399 e. The Labute approximate surface area is 117 Å². The SMILES string of the molecule is CCC1(CC)OB(c2ccccc2)OC1(CC)CC. The number of hydrogen-bond acceptors (Lipinski definition) is 2. The van der Waals surface area contributed by atoms with Crippen LogP contribution in [0, 0.1) is 0 Å². The fourth-order valence-corrected chi connectivity index (χ4v) is 3.52. The normalized spacial score (nSPS) is 20.7. The van der Waals surface area contributed by atoms with Gasteiger partial charge in [0.05, 0.1) is 11.2 Å². The fourth-order valence-electron chi connectivity index (χ4n) is 3.52. The molecule has 1 fully saturated rings. The number of hydrogen-bond donors (Lipinski definition) is 0. The molecule has 0 bridgehead atoms. The van der Waals surface area contributed by atoms with Crippen molar-refractivity contribution in [2.45, 2.75) is 64.6 Å². The molecule has 0 aliphatic carbocycles. The summed E-state index contributed by atoms with van der Waals surface area (Å²) in [6.07, 6.45) is 3.98. The zero-order chi connectivity index (χ0) is 13.9. The molecule has 0 atom stereocenters. The van der Waals surface area contributed by atoms with Gasteiger partial charge < -0.3 is 9.31 Å². The minimum atomic E-state index is -0.221. The lowest BCUT2D eigenvalue weighted by molar-refractivity contribution is -0.0601. The van der Waals surface area contributed by atoms with Gasteiger partial charge in [-0.05, 0) is 31.1 Å². The van der Waals surface area contributed by atoms with Crippen LogP contribution in [0.3, 0.4) is 0 Å². The second-order valence-corrected chi connectivity index (χ2v) is 5.38. The predicted octanol–water partition coefficient (Wildman–Crippen LogP) is 3.55. The fraction of sp³-hybridized carbons (Fsp3) is 0.625. The standard InChI is InChI=1S/C16H25BO2/c1-5-15(6-2)16(7-3,8-4)19-17(18-15)14-12-10-9-11-13-14/h9-13H,5-8H2,1-4H3. The molecule has 0 spiro atoms. The van der Waals surface area contributed by atoms with E-state index in [2.05, 4.69) is 39.8 Å². The maximum absolute atomic E-state index is 6.41. The van der Waals surface area contributed by atoms with E-state index in [9.17, 15) is 0 Å². The Bertz CT molecular complexity index is 376. The van der Waals surface area contributed by atoms with Crippen LogP contribution in [0.2, 0.25) is 0 Å². The van der Waals surface area contributed by atoms with E-state index in [0.29, 0.717) is 0 Å². The smallest absolute Gasteiger partial charge is 0.399 e. The molecular weight excluding hydrogens is 235 g/mol. The third kappa shape index (κ3) is 2.23.